The second-order valence-corrected chi connectivity index (χ2v) is 6.46. The van der Waals surface area contributed by atoms with E-state index >= 15 is 0 Å². The molecule has 134 valence electrons. The van der Waals surface area contributed by atoms with Gasteiger partial charge in [0.15, 0.2) is 0 Å². The van der Waals surface area contributed by atoms with Gasteiger partial charge >= 0.3 is 6.03 Å². The summed E-state index contributed by atoms with van der Waals surface area (Å²) in [7, 11) is 0. The van der Waals surface area contributed by atoms with E-state index in [0.717, 1.165) is 4.90 Å². The Balaban J connectivity index is 1.74. The molecule has 0 radical (unpaired) electrons. The number of aromatic hydroxyl groups is 1. The second-order valence-electron chi connectivity index (χ2n) is 6.02. The van der Waals surface area contributed by atoms with Crippen molar-refractivity contribution in [1.29, 1.82) is 0 Å². The van der Waals surface area contributed by atoms with Crippen LogP contribution in [0.2, 0.25) is 5.02 Å². The summed E-state index contributed by atoms with van der Waals surface area (Å²) in [6.07, 6.45) is 0. The number of carbonyl (C=O) groups is 3. The summed E-state index contributed by atoms with van der Waals surface area (Å²) in [5, 5.41) is 15.2. The molecule has 1 saturated heterocycles. The van der Waals surface area contributed by atoms with Gasteiger partial charge in [0.05, 0.1) is 5.69 Å². The Hall–Kier alpha value is -3.06. The molecule has 0 bridgehead atoms. The van der Waals surface area contributed by atoms with Gasteiger partial charge < -0.3 is 15.7 Å². The summed E-state index contributed by atoms with van der Waals surface area (Å²) in [4.78, 5) is 38.0. The van der Waals surface area contributed by atoms with Gasteiger partial charge in [0, 0.05) is 11.1 Å². The van der Waals surface area contributed by atoms with E-state index in [-0.39, 0.29) is 11.4 Å². The van der Waals surface area contributed by atoms with Gasteiger partial charge in [0.2, 0.25) is 5.91 Å². The van der Waals surface area contributed by atoms with Crippen LogP contribution in [-0.4, -0.2) is 34.4 Å². The third-order valence-electron chi connectivity index (χ3n) is 4.16. The van der Waals surface area contributed by atoms with Crippen molar-refractivity contribution in [1.82, 2.24) is 10.2 Å². The number of urea groups is 1. The van der Waals surface area contributed by atoms with Crippen LogP contribution < -0.4 is 10.6 Å². The van der Waals surface area contributed by atoms with Gasteiger partial charge in [-0.1, -0.05) is 41.9 Å². The van der Waals surface area contributed by atoms with Gasteiger partial charge in [-0.15, -0.1) is 0 Å². The van der Waals surface area contributed by atoms with Crippen LogP contribution in [0.1, 0.15) is 12.5 Å². The maximum absolute atomic E-state index is 12.7. The minimum Gasteiger partial charge on any atom is -0.506 e. The van der Waals surface area contributed by atoms with E-state index in [4.69, 9.17) is 11.6 Å². The lowest BCUT2D eigenvalue weighted by Gasteiger charge is -2.22. The Morgan fingerprint density at radius 1 is 1.23 bits per heavy atom. The van der Waals surface area contributed by atoms with E-state index in [0.29, 0.717) is 10.6 Å². The SMILES string of the molecule is CC1(c2ccccc2)NC(=O)N(CC(=O)Nc2ccc(Cl)cc2O)C1=O. The van der Waals surface area contributed by atoms with Gasteiger partial charge in [-0.25, -0.2) is 4.79 Å². The van der Waals surface area contributed by atoms with Gasteiger partial charge in [-0.3, -0.25) is 14.5 Å². The number of carbonyl (C=O) groups excluding carboxylic acids is 3. The molecule has 3 rings (SSSR count). The number of rotatable bonds is 4. The zero-order chi connectivity index (χ0) is 18.9. The number of benzene rings is 2. The lowest BCUT2D eigenvalue weighted by atomic mass is 9.92. The van der Waals surface area contributed by atoms with Crippen molar-refractivity contribution in [2.45, 2.75) is 12.5 Å². The quantitative estimate of drug-likeness (QED) is 0.566. The third-order valence-corrected chi connectivity index (χ3v) is 4.40. The Morgan fingerprint density at radius 3 is 2.58 bits per heavy atom. The fraction of sp³-hybridized carbons (Fsp3) is 0.167. The summed E-state index contributed by atoms with van der Waals surface area (Å²) in [6.45, 7) is 1.11. The number of halogens is 1. The van der Waals surface area contributed by atoms with Crippen molar-refractivity contribution < 1.29 is 19.5 Å². The van der Waals surface area contributed by atoms with Crippen molar-refractivity contribution in [2.24, 2.45) is 0 Å². The second kappa shape index (κ2) is 6.68. The van der Waals surface area contributed by atoms with Crippen molar-refractivity contribution >= 4 is 35.1 Å². The van der Waals surface area contributed by atoms with Crippen LogP contribution in [0.3, 0.4) is 0 Å². The van der Waals surface area contributed by atoms with E-state index in [1.807, 2.05) is 0 Å². The molecule has 26 heavy (non-hydrogen) atoms. The summed E-state index contributed by atoms with van der Waals surface area (Å²) in [5.41, 5.74) is -0.477. The first-order valence-electron chi connectivity index (χ1n) is 7.79. The van der Waals surface area contributed by atoms with Crippen LogP contribution in [0.25, 0.3) is 0 Å². The fourth-order valence-electron chi connectivity index (χ4n) is 2.75. The maximum Gasteiger partial charge on any atom is 0.325 e. The van der Waals surface area contributed by atoms with Gasteiger partial charge in [0.1, 0.15) is 17.8 Å². The van der Waals surface area contributed by atoms with Gasteiger partial charge in [-0.05, 0) is 24.6 Å². The number of imide groups is 1. The molecular weight excluding hydrogens is 358 g/mol. The molecule has 1 fully saturated rings. The minimum atomic E-state index is -1.24. The highest BCUT2D eigenvalue weighted by atomic mass is 35.5. The molecule has 1 unspecified atom stereocenters. The Bertz CT molecular complexity index is 887. The highest BCUT2D eigenvalue weighted by Crippen LogP contribution is 2.29. The Labute approximate surface area is 154 Å². The lowest BCUT2D eigenvalue weighted by Crippen LogP contribution is -2.42. The van der Waals surface area contributed by atoms with E-state index < -0.39 is 29.9 Å². The van der Waals surface area contributed by atoms with Crippen LogP contribution in [0.15, 0.2) is 48.5 Å². The van der Waals surface area contributed by atoms with Crippen LogP contribution in [0, 0.1) is 0 Å². The number of phenols is 1. The first kappa shape index (κ1) is 17.8. The topological polar surface area (TPSA) is 98.7 Å². The molecule has 1 atom stereocenters. The maximum atomic E-state index is 12.7. The molecule has 4 amide bonds. The van der Waals surface area contributed by atoms with Gasteiger partial charge in [0.25, 0.3) is 5.91 Å². The number of hydrogen-bond donors (Lipinski definition) is 3. The molecular formula is C18H16ClN3O4. The van der Waals surface area contributed by atoms with E-state index in [2.05, 4.69) is 10.6 Å². The lowest BCUT2D eigenvalue weighted by molar-refractivity contribution is -0.133. The highest BCUT2D eigenvalue weighted by Gasteiger charge is 2.49. The van der Waals surface area contributed by atoms with Crippen LogP contribution in [0.5, 0.6) is 5.75 Å². The predicted molar refractivity (Wildman–Crippen MR) is 95.8 cm³/mol. The van der Waals surface area contributed by atoms with Crippen LogP contribution in [0.4, 0.5) is 10.5 Å². The molecule has 1 heterocycles. The molecule has 0 saturated carbocycles. The van der Waals surface area contributed by atoms with Crippen LogP contribution >= 0.6 is 11.6 Å². The van der Waals surface area contributed by atoms with Crippen LogP contribution in [-0.2, 0) is 15.1 Å². The molecule has 0 aliphatic carbocycles. The molecule has 8 heteroatoms. The Kier molecular flexibility index (Phi) is 4.56. The molecule has 0 aromatic heterocycles. The molecule has 1 aliphatic rings. The molecule has 1 aliphatic heterocycles. The first-order valence-corrected chi connectivity index (χ1v) is 8.17. The van der Waals surface area contributed by atoms with Crippen molar-refractivity contribution in [2.75, 3.05) is 11.9 Å². The van der Waals surface area contributed by atoms with E-state index in [1.165, 1.54) is 18.2 Å². The number of hydrogen-bond acceptors (Lipinski definition) is 4. The third kappa shape index (κ3) is 3.21. The number of anilines is 1. The summed E-state index contributed by atoms with van der Waals surface area (Å²) < 4.78 is 0. The average molecular weight is 374 g/mol. The number of nitrogens with one attached hydrogen (secondary N) is 2. The number of nitrogens with zero attached hydrogens (tertiary/aromatic N) is 1. The van der Waals surface area contributed by atoms with Gasteiger partial charge in [-0.2, -0.15) is 0 Å². The van der Waals surface area contributed by atoms with Crippen molar-refractivity contribution in [3.8, 4) is 5.75 Å². The predicted octanol–water partition coefficient (Wildman–Crippen LogP) is 2.45. The molecule has 0 spiro atoms. The normalized spacial score (nSPS) is 19.4. The summed E-state index contributed by atoms with van der Waals surface area (Å²) >= 11 is 5.74. The Morgan fingerprint density at radius 2 is 1.92 bits per heavy atom. The molecule has 7 nitrogen and oxygen atoms in total. The standard InChI is InChI=1S/C18H16ClN3O4/c1-18(11-5-3-2-4-6-11)16(25)22(17(26)21-18)10-15(24)20-13-8-7-12(19)9-14(13)23/h2-9,23H,10H2,1H3,(H,20,24)(H,21,26). The first-order chi connectivity index (χ1) is 12.3. The summed E-state index contributed by atoms with van der Waals surface area (Å²) in [5.74, 6) is -1.36. The van der Waals surface area contributed by atoms with Crippen molar-refractivity contribution in [3.63, 3.8) is 0 Å². The molecule has 2 aromatic rings. The fourth-order valence-corrected chi connectivity index (χ4v) is 2.92. The zero-order valence-electron chi connectivity index (χ0n) is 13.8. The monoisotopic (exact) mass is 373 g/mol. The van der Waals surface area contributed by atoms with E-state index in [9.17, 15) is 19.5 Å². The van der Waals surface area contributed by atoms with E-state index in [1.54, 1.807) is 37.3 Å². The molecule has 3 N–H and O–H groups in total. The average Bonchev–Trinajstić information content (AvgIpc) is 2.82. The zero-order valence-corrected chi connectivity index (χ0v) is 14.6. The summed E-state index contributed by atoms with van der Waals surface area (Å²) in [6, 6.07) is 12.3. The number of amides is 4. The van der Waals surface area contributed by atoms with Crippen molar-refractivity contribution in [3.05, 3.63) is 59.1 Å². The highest BCUT2D eigenvalue weighted by molar-refractivity contribution is 6.30. The largest absolute Gasteiger partial charge is 0.506 e. The smallest absolute Gasteiger partial charge is 0.325 e. The minimum absolute atomic E-state index is 0.136. The number of phenolic OH excluding ortho intramolecular Hbond substituents is 1. The molecule has 2 aromatic carbocycles.